The third-order valence-electron chi connectivity index (χ3n) is 2.45. The average Bonchev–Trinajstić information content (AvgIpc) is 2.20. The van der Waals surface area contributed by atoms with Gasteiger partial charge in [0.05, 0.1) is 0 Å². The molecule has 2 unspecified atom stereocenters. The first kappa shape index (κ1) is 14.7. The second kappa shape index (κ2) is 4.74. The highest BCUT2D eigenvalue weighted by Gasteiger charge is 2.43. The molecule has 0 heterocycles. The van der Waals surface area contributed by atoms with E-state index in [9.17, 15) is 21.6 Å². The number of rotatable bonds is 3. The van der Waals surface area contributed by atoms with E-state index in [1.165, 1.54) is 6.92 Å². The quantitative estimate of drug-likeness (QED) is 0.809. The molecule has 100 valence electrons. The van der Waals surface area contributed by atoms with Crippen molar-refractivity contribution in [2.75, 3.05) is 0 Å². The predicted molar refractivity (Wildman–Crippen MR) is 61.5 cm³/mol. The van der Waals surface area contributed by atoms with Crippen LogP contribution in [0.2, 0.25) is 0 Å². The van der Waals surface area contributed by atoms with E-state index >= 15 is 0 Å². The third kappa shape index (κ3) is 2.28. The zero-order valence-electron chi connectivity index (χ0n) is 9.45. The minimum Gasteiger partial charge on any atom is -0.282 e. The van der Waals surface area contributed by atoms with Gasteiger partial charge in [0.25, 0.3) is 10.1 Å². The van der Waals surface area contributed by atoms with Crippen molar-refractivity contribution in [3.8, 4) is 0 Å². The van der Waals surface area contributed by atoms with E-state index < -0.39 is 44.3 Å². The molecule has 0 spiro atoms. The molecule has 2 atom stereocenters. The number of alkyl halides is 2. The van der Waals surface area contributed by atoms with Crippen molar-refractivity contribution in [2.24, 2.45) is 0 Å². The maximum absolute atomic E-state index is 13.9. The van der Waals surface area contributed by atoms with Crippen LogP contribution >= 0.6 is 0 Å². The van der Waals surface area contributed by atoms with Gasteiger partial charge in [-0.25, -0.2) is 13.2 Å². The van der Waals surface area contributed by atoms with Crippen LogP contribution in [0, 0.1) is 0 Å². The van der Waals surface area contributed by atoms with E-state index in [-0.39, 0.29) is 5.57 Å². The molecule has 0 radical (unpaired) electrons. The Bertz CT molecular complexity index is 572. The minimum atomic E-state index is -5.18. The third-order valence-corrected chi connectivity index (χ3v) is 3.41. The van der Waals surface area contributed by atoms with Crippen LogP contribution in [0.1, 0.15) is 6.92 Å². The van der Waals surface area contributed by atoms with Crippen LogP contribution in [-0.2, 0) is 10.1 Å². The average molecular weight is 280 g/mol. The molecule has 1 aliphatic carbocycles. The summed E-state index contributed by atoms with van der Waals surface area (Å²) >= 11 is 0. The zero-order valence-corrected chi connectivity index (χ0v) is 10.3. The fraction of sp³-hybridized carbons (Fsp3) is 0.273. The number of allylic oxidation sites excluding steroid dienone is 6. The summed E-state index contributed by atoms with van der Waals surface area (Å²) in [5.74, 6) is -1.54. The largest absolute Gasteiger partial charge is 0.296 e. The Morgan fingerprint density at radius 3 is 2.22 bits per heavy atom. The molecule has 0 saturated carbocycles. The Balaban J connectivity index is 3.72. The van der Waals surface area contributed by atoms with E-state index in [0.717, 1.165) is 6.08 Å². The molecule has 18 heavy (non-hydrogen) atoms. The summed E-state index contributed by atoms with van der Waals surface area (Å²) in [6, 6.07) is 0. The highest BCUT2D eigenvalue weighted by molar-refractivity contribution is 7.89. The lowest BCUT2D eigenvalue weighted by molar-refractivity contribution is 0.225. The molecular weight excluding hydrogens is 269 g/mol. The first-order valence-electron chi connectivity index (χ1n) is 4.81. The molecule has 7 heteroatoms. The highest BCUT2D eigenvalue weighted by Crippen LogP contribution is 2.40. The minimum absolute atomic E-state index is 0.00176. The summed E-state index contributed by atoms with van der Waals surface area (Å²) in [7, 11) is -5.18. The maximum atomic E-state index is 13.9. The van der Waals surface area contributed by atoms with Crippen LogP contribution in [0.3, 0.4) is 0 Å². The maximum Gasteiger partial charge on any atom is 0.296 e. The topological polar surface area (TPSA) is 54.4 Å². The van der Waals surface area contributed by atoms with Gasteiger partial charge in [0.1, 0.15) is 4.91 Å². The molecule has 0 bridgehead atoms. The lowest BCUT2D eigenvalue weighted by atomic mass is 9.90. The van der Waals surface area contributed by atoms with E-state index in [2.05, 4.69) is 13.2 Å². The fourth-order valence-electron chi connectivity index (χ4n) is 1.70. The molecule has 3 nitrogen and oxygen atoms in total. The second-order valence-corrected chi connectivity index (χ2v) is 5.16. The van der Waals surface area contributed by atoms with Crippen LogP contribution in [0.5, 0.6) is 0 Å². The Morgan fingerprint density at radius 1 is 1.39 bits per heavy atom. The molecule has 0 amide bonds. The standard InChI is InChI=1S/C11H11F3O3S/c1-4-6-7(5(2)3)9(13)11(18(15,16)17)10(14)8(6)12/h4,8,10H,1-2H2,3H3,(H,15,16,17). The number of halogens is 3. The van der Waals surface area contributed by atoms with Crippen molar-refractivity contribution in [3.63, 3.8) is 0 Å². The number of hydrogen-bond donors (Lipinski definition) is 1. The normalized spacial score (nSPS) is 25.4. The zero-order chi connectivity index (χ0) is 14.2. The summed E-state index contributed by atoms with van der Waals surface area (Å²) in [5, 5.41) is 0. The first-order chi connectivity index (χ1) is 8.12. The summed E-state index contributed by atoms with van der Waals surface area (Å²) in [5.41, 5.74) is -0.919. The van der Waals surface area contributed by atoms with Crippen molar-refractivity contribution in [3.05, 3.63) is 46.7 Å². The number of hydrogen-bond acceptors (Lipinski definition) is 2. The summed E-state index contributed by atoms with van der Waals surface area (Å²) < 4.78 is 71.6. The second-order valence-electron chi connectivity index (χ2n) is 3.77. The van der Waals surface area contributed by atoms with Crippen molar-refractivity contribution in [1.82, 2.24) is 0 Å². The molecule has 1 aliphatic rings. The van der Waals surface area contributed by atoms with Crippen LogP contribution in [-0.4, -0.2) is 25.3 Å². The van der Waals surface area contributed by atoms with Crippen LogP contribution in [0.25, 0.3) is 0 Å². The van der Waals surface area contributed by atoms with Crippen molar-refractivity contribution in [1.29, 1.82) is 0 Å². The SMILES string of the molecule is C=CC1=C(C(=C)C)C(F)=C(S(=O)(=O)O)C(F)C1F. The van der Waals surface area contributed by atoms with Gasteiger partial charge in [-0.1, -0.05) is 19.2 Å². The molecule has 0 fully saturated rings. The Hall–Kier alpha value is -1.34. The Labute approximate surface area is 103 Å². The molecule has 0 aromatic rings. The summed E-state index contributed by atoms with van der Waals surface area (Å²) in [6.07, 6.45) is -4.34. The first-order valence-corrected chi connectivity index (χ1v) is 6.25. The van der Waals surface area contributed by atoms with E-state index in [4.69, 9.17) is 4.55 Å². The molecule has 1 N–H and O–H groups in total. The van der Waals surface area contributed by atoms with Gasteiger partial charge in [-0.05, 0) is 18.1 Å². The molecule has 1 rings (SSSR count). The van der Waals surface area contributed by atoms with Gasteiger partial charge >= 0.3 is 0 Å². The Kier molecular flexibility index (Phi) is 3.87. The van der Waals surface area contributed by atoms with Crippen LogP contribution < -0.4 is 0 Å². The van der Waals surface area contributed by atoms with E-state index in [0.29, 0.717) is 0 Å². The van der Waals surface area contributed by atoms with E-state index in [1.807, 2.05) is 0 Å². The van der Waals surface area contributed by atoms with Crippen LogP contribution in [0.15, 0.2) is 46.7 Å². The molecule has 0 aromatic carbocycles. The summed E-state index contributed by atoms with van der Waals surface area (Å²) in [6.45, 7) is 7.87. The Morgan fingerprint density at radius 2 is 1.89 bits per heavy atom. The molecule has 0 saturated heterocycles. The molecular formula is C11H11F3O3S. The summed E-state index contributed by atoms with van der Waals surface area (Å²) in [4.78, 5) is -1.61. The van der Waals surface area contributed by atoms with Gasteiger partial charge in [-0.3, -0.25) is 4.55 Å². The lowest BCUT2D eigenvalue weighted by Crippen LogP contribution is -2.31. The molecule has 0 aliphatic heterocycles. The van der Waals surface area contributed by atoms with Crippen molar-refractivity contribution < 1.29 is 26.1 Å². The predicted octanol–water partition coefficient (Wildman–Crippen LogP) is 2.80. The van der Waals surface area contributed by atoms with Crippen molar-refractivity contribution in [2.45, 2.75) is 19.3 Å². The smallest absolute Gasteiger partial charge is 0.282 e. The van der Waals surface area contributed by atoms with Gasteiger partial charge in [0, 0.05) is 5.57 Å². The fourth-order valence-corrected chi connectivity index (χ4v) is 2.44. The van der Waals surface area contributed by atoms with Gasteiger partial charge in [0.15, 0.2) is 18.2 Å². The molecule has 0 aromatic heterocycles. The van der Waals surface area contributed by atoms with Gasteiger partial charge < -0.3 is 0 Å². The monoisotopic (exact) mass is 280 g/mol. The lowest BCUT2D eigenvalue weighted by Gasteiger charge is -2.25. The van der Waals surface area contributed by atoms with Crippen molar-refractivity contribution >= 4 is 10.1 Å². The van der Waals surface area contributed by atoms with E-state index in [1.54, 1.807) is 0 Å². The van der Waals surface area contributed by atoms with Gasteiger partial charge in [-0.2, -0.15) is 8.42 Å². The highest BCUT2D eigenvalue weighted by atomic mass is 32.2. The van der Waals surface area contributed by atoms with Gasteiger partial charge in [-0.15, -0.1) is 0 Å². The van der Waals surface area contributed by atoms with Crippen LogP contribution in [0.4, 0.5) is 13.2 Å². The van der Waals surface area contributed by atoms with Gasteiger partial charge in [0.2, 0.25) is 0 Å².